The van der Waals surface area contributed by atoms with Crippen molar-refractivity contribution in [1.29, 1.82) is 0 Å². The van der Waals surface area contributed by atoms with Crippen molar-refractivity contribution in [3.8, 4) is 11.3 Å². The van der Waals surface area contributed by atoms with Gasteiger partial charge < -0.3 is 10.1 Å². The smallest absolute Gasteiger partial charge is 0.341 e. The quantitative estimate of drug-likeness (QED) is 0.242. The number of fused-ring (bicyclic) bond motifs is 2. The van der Waals surface area contributed by atoms with Crippen LogP contribution in [0.2, 0.25) is 0 Å². The molecular formula is C27H19BrN2O3S. The molecule has 0 atom stereocenters. The molecule has 3 aromatic carbocycles. The van der Waals surface area contributed by atoms with Gasteiger partial charge >= 0.3 is 5.97 Å². The number of rotatable bonds is 5. The van der Waals surface area contributed by atoms with E-state index in [9.17, 15) is 9.59 Å². The Balaban J connectivity index is 1.62. The molecular weight excluding hydrogens is 512 g/mol. The standard InChI is InChI=1S/C27H19BrN2O3S/c1-2-33-27(32)24-19-11-4-6-13-23(19)34-26(24)30-25(31)20-15-22(16-8-7-9-17(28)14-16)29-21-12-5-3-10-18(20)21/h3-15H,2H2,1H3,(H,30,31). The van der Waals surface area contributed by atoms with Crippen LogP contribution in [0.3, 0.4) is 0 Å². The van der Waals surface area contributed by atoms with Crippen LogP contribution in [0.15, 0.2) is 83.3 Å². The number of nitrogens with one attached hydrogen (secondary N) is 1. The third-order valence-corrected chi connectivity index (χ3v) is 6.96. The molecule has 0 aliphatic carbocycles. The molecule has 0 radical (unpaired) electrons. The number of esters is 1. The Morgan fingerprint density at radius 3 is 2.53 bits per heavy atom. The van der Waals surface area contributed by atoms with E-state index in [2.05, 4.69) is 21.2 Å². The Hall–Kier alpha value is -3.55. The number of anilines is 1. The maximum atomic E-state index is 13.6. The highest BCUT2D eigenvalue weighted by atomic mass is 79.9. The molecule has 5 rings (SSSR count). The fraction of sp³-hybridized carbons (Fsp3) is 0.0741. The number of hydrogen-bond donors (Lipinski definition) is 1. The largest absolute Gasteiger partial charge is 0.462 e. The van der Waals surface area contributed by atoms with Crippen LogP contribution in [0.5, 0.6) is 0 Å². The van der Waals surface area contributed by atoms with Gasteiger partial charge in [0.1, 0.15) is 10.6 Å². The number of amides is 1. The van der Waals surface area contributed by atoms with Crippen LogP contribution in [-0.4, -0.2) is 23.5 Å². The average molecular weight is 531 g/mol. The van der Waals surface area contributed by atoms with Crippen molar-refractivity contribution in [3.05, 3.63) is 94.5 Å². The first kappa shape index (κ1) is 22.3. The highest BCUT2D eigenvalue weighted by Crippen LogP contribution is 2.37. The normalized spacial score (nSPS) is 11.0. The molecule has 7 heteroatoms. The van der Waals surface area contributed by atoms with Crippen molar-refractivity contribution in [3.63, 3.8) is 0 Å². The van der Waals surface area contributed by atoms with Gasteiger partial charge in [0.05, 0.1) is 23.4 Å². The van der Waals surface area contributed by atoms with Gasteiger partial charge in [-0.2, -0.15) is 0 Å². The first-order chi connectivity index (χ1) is 16.5. The Morgan fingerprint density at radius 2 is 1.74 bits per heavy atom. The van der Waals surface area contributed by atoms with Gasteiger partial charge in [-0.25, -0.2) is 9.78 Å². The summed E-state index contributed by atoms with van der Waals surface area (Å²) in [5.74, 6) is -0.767. The van der Waals surface area contributed by atoms with Crippen LogP contribution in [0.1, 0.15) is 27.6 Å². The molecule has 2 aromatic heterocycles. The van der Waals surface area contributed by atoms with E-state index in [0.717, 1.165) is 25.5 Å². The van der Waals surface area contributed by atoms with E-state index in [1.54, 1.807) is 13.0 Å². The summed E-state index contributed by atoms with van der Waals surface area (Å²) in [7, 11) is 0. The average Bonchev–Trinajstić information content (AvgIpc) is 3.21. The summed E-state index contributed by atoms with van der Waals surface area (Å²) < 4.78 is 7.11. The molecule has 5 nitrogen and oxygen atoms in total. The SMILES string of the molecule is CCOC(=O)c1c(NC(=O)c2cc(-c3cccc(Br)c3)nc3ccccc23)sc2ccccc12. The van der Waals surface area contributed by atoms with E-state index in [1.165, 1.54) is 11.3 Å². The van der Waals surface area contributed by atoms with Crippen molar-refractivity contribution in [2.75, 3.05) is 11.9 Å². The second kappa shape index (κ2) is 9.37. The number of benzene rings is 3. The van der Waals surface area contributed by atoms with Crippen LogP contribution < -0.4 is 5.32 Å². The van der Waals surface area contributed by atoms with Crippen LogP contribution in [-0.2, 0) is 4.74 Å². The molecule has 0 saturated heterocycles. The van der Waals surface area contributed by atoms with E-state index < -0.39 is 5.97 Å². The molecule has 34 heavy (non-hydrogen) atoms. The zero-order valence-corrected chi connectivity index (χ0v) is 20.6. The molecule has 0 unspecified atom stereocenters. The molecule has 1 amide bonds. The Bertz CT molecular complexity index is 1560. The lowest BCUT2D eigenvalue weighted by Crippen LogP contribution is -2.15. The second-order valence-corrected chi connectivity index (χ2v) is 9.53. The predicted octanol–water partition coefficient (Wildman–Crippen LogP) is 7.31. The van der Waals surface area contributed by atoms with Crippen molar-refractivity contribution in [1.82, 2.24) is 4.98 Å². The fourth-order valence-corrected chi connectivity index (χ4v) is 5.35. The molecule has 1 N–H and O–H groups in total. The van der Waals surface area contributed by atoms with Gasteiger partial charge in [0.2, 0.25) is 0 Å². The number of para-hydroxylation sites is 1. The van der Waals surface area contributed by atoms with Crippen LogP contribution >= 0.6 is 27.3 Å². The van der Waals surface area contributed by atoms with E-state index in [1.807, 2.05) is 72.8 Å². The van der Waals surface area contributed by atoms with Crippen LogP contribution in [0.25, 0.3) is 32.2 Å². The first-order valence-electron chi connectivity index (χ1n) is 10.7. The Morgan fingerprint density at radius 1 is 0.971 bits per heavy atom. The maximum absolute atomic E-state index is 13.6. The highest BCUT2D eigenvalue weighted by Gasteiger charge is 2.23. The molecule has 2 heterocycles. The zero-order valence-electron chi connectivity index (χ0n) is 18.2. The molecule has 5 aromatic rings. The molecule has 0 bridgehead atoms. The van der Waals surface area contributed by atoms with Crippen molar-refractivity contribution in [2.45, 2.75) is 6.92 Å². The summed E-state index contributed by atoms with van der Waals surface area (Å²) in [5.41, 5.74) is 3.15. The second-order valence-electron chi connectivity index (χ2n) is 7.56. The minimum Gasteiger partial charge on any atom is -0.462 e. The number of carbonyl (C=O) groups is 2. The molecule has 0 spiro atoms. The van der Waals surface area contributed by atoms with Gasteiger partial charge in [0.25, 0.3) is 5.91 Å². The number of hydrogen-bond acceptors (Lipinski definition) is 5. The lowest BCUT2D eigenvalue weighted by atomic mass is 10.0. The topological polar surface area (TPSA) is 68.3 Å². The number of aromatic nitrogens is 1. The molecule has 0 saturated carbocycles. The molecule has 0 aliphatic heterocycles. The summed E-state index contributed by atoms with van der Waals surface area (Å²) in [6.07, 6.45) is 0. The molecule has 168 valence electrons. The van der Waals surface area contributed by atoms with Gasteiger partial charge in [0, 0.05) is 25.5 Å². The van der Waals surface area contributed by atoms with Gasteiger partial charge in [-0.15, -0.1) is 11.3 Å². The fourth-order valence-electron chi connectivity index (χ4n) is 3.87. The summed E-state index contributed by atoms with van der Waals surface area (Å²) in [6.45, 7) is 2.01. The number of ether oxygens (including phenoxy) is 1. The van der Waals surface area contributed by atoms with Gasteiger partial charge in [-0.1, -0.05) is 64.5 Å². The molecule has 0 fully saturated rings. The Kier molecular flexibility index (Phi) is 6.13. The monoisotopic (exact) mass is 530 g/mol. The minimum atomic E-state index is -0.454. The van der Waals surface area contributed by atoms with Gasteiger partial charge in [-0.3, -0.25) is 4.79 Å². The van der Waals surface area contributed by atoms with Gasteiger partial charge in [0.15, 0.2) is 0 Å². The number of halogens is 1. The lowest BCUT2D eigenvalue weighted by molar-refractivity contribution is 0.0530. The summed E-state index contributed by atoms with van der Waals surface area (Å²) in [6, 6.07) is 24.7. The number of thiophene rings is 1. The Labute approximate surface area is 208 Å². The minimum absolute atomic E-state index is 0.251. The lowest BCUT2D eigenvalue weighted by Gasteiger charge is -2.11. The van der Waals surface area contributed by atoms with E-state index in [-0.39, 0.29) is 12.5 Å². The van der Waals surface area contributed by atoms with Crippen LogP contribution in [0, 0.1) is 0 Å². The van der Waals surface area contributed by atoms with Crippen molar-refractivity contribution < 1.29 is 14.3 Å². The summed E-state index contributed by atoms with van der Waals surface area (Å²) in [5, 5.41) is 4.94. The summed E-state index contributed by atoms with van der Waals surface area (Å²) >= 11 is 4.86. The molecule has 0 aliphatic rings. The number of nitrogens with zero attached hydrogens (tertiary/aromatic N) is 1. The third-order valence-electron chi connectivity index (χ3n) is 5.38. The van der Waals surface area contributed by atoms with Crippen molar-refractivity contribution >= 4 is 65.1 Å². The zero-order chi connectivity index (χ0) is 23.7. The number of pyridine rings is 1. The van der Waals surface area contributed by atoms with Crippen LogP contribution in [0.4, 0.5) is 5.00 Å². The third kappa shape index (κ3) is 4.20. The van der Waals surface area contributed by atoms with E-state index in [0.29, 0.717) is 27.3 Å². The van der Waals surface area contributed by atoms with E-state index in [4.69, 9.17) is 9.72 Å². The number of carbonyl (C=O) groups excluding carboxylic acids is 2. The van der Waals surface area contributed by atoms with E-state index >= 15 is 0 Å². The van der Waals surface area contributed by atoms with Gasteiger partial charge in [-0.05, 0) is 37.3 Å². The van der Waals surface area contributed by atoms with Crippen molar-refractivity contribution in [2.24, 2.45) is 0 Å². The predicted molar refractivity (Wildman–Crippen MR) is 141 cm³/mol. The highest BCUT2D eigenvalue weighted by molar-refractivity contribution is 9.10. The first-order valence-corrected chi connectivity index (χ1v) is 12.3. The summed E-state index contributed by atoms with van der Waals surface area (Å²) in [4.78, 5) is 31.1. The maximum Gasteiger partial charge on any atom is 0.341 e.